The van der Waals surface area contributed by atoms with Gasteiger partial charge in [-0.3, -0.25) is 9.59 Å². The monoisotopic (exact) mass is 369 g/mol. The zero-order valence-electron chi connectivity index (χ0n) is 12.6. The number of pyridine rings is 1. The van der Waals surface area contributed by atoms with Gasteiger partial charge in [0.05, 0.1) is 22.3 Å². The number of rotatable bonds is 3. The van der Waals surface area contributed by atoms with Gasteiger partial charge in [-0.05, 0) is 18.2 Å². The van der Waals surface area contributed by atoms with Crippen LogP contribution < -0.4 is 5.73 Å². The van der Waals surface area contributed by atoms with Crippen molar-refractivity contribution >= 4 is 22.7 Å². The third kappa shape index (κ3) is 2.68. The fraction of sp³-hybridized carbons (Fsp3) is 0.0625. The smallest absolute Gasteiger partial charge is 0.366 e. The van der Waals surface area contributed by atoms with E-state index in [-0.39, 0.29) is 5.65 Å². The molecule has 2 heterocycles. The van der Waals surface area contributed by atoms with Crippen LogP contribution in [0.4, 0.5) is 22.0 Å². The lowest BCUT2D eigenvalue weighted by molar-refractivity contribution is -0.136. The van der Waals surface area contributed by atoms with Crippen molar-refractivity contribution in [2.45, 2.75) is 6.18 Å². The molecule has 0 saturated carbocycles. The molecule has 1 aromatic carbocycles. The Bertz CT molecular complexity index is 1060. The molecule has 0 aliphatic carbocycles. The molecular weight excluding hydrogens is 361 g/mol. The third-order valence-electron chi connectivity index (χ3n) is 3.71. The lowest BCUT2D eigenvalue weighted by Gasteiger charge is -2.10. The molecular formula is C16H8F5N3O2. The number of benzene rings is 1. The fourth-order valence-corrected chi connectivity index (χ4v) is 2.56. The number of nitrogens with one attached hydrogen (secondary N) is 1. The lowest BCUT2D eigenvalue weighted by atomic mass is 9.98. The summed E-state index contributed by atoms with van der Waals surface area (Å²) in [4.78, 5) is 29.8. The van der Waals surface area contributed by atoms with Crippen LogP contribution in [0.1, 0.15) is 31.8 Å². The van der Waals surface area contributed by atoms with E-state index in [1.165, 1.54) is 0 Å². The number of halogens is 5. The van der Waals surface area contributed by atoms with E-state index in [9.17, 15) is 31.5 Å². The second-order valence-corrected chi connectivity index (χ2v) is 5.26. The molecule has 26 heavy (non-hydrogen) atoms. The van der Waals surface area contributed by atoms with Gasteiger partial charge in [0.15, 0.2) is 0 Å². The molecule has 3 rings (SSSR count). The van der Waals surface area contributed by atoms with E-state index >= 15 is 0 Å². The molecule has 3 aromatic rings. The first-order chi connectivity index (χ1) is 12.1. The van der Waals surface area contributed by atoms with Crippen LogP contribution in [0.5, 0.6) is 0 Å². The number of carbonyl (C=O) groups is 2. The van der Waals surface area contributed by atoms with Gasteiger partial charge in [0, 0.05) is 17.8 Å². The Balaban J connectivity index is 2.28. The van der Waals surface area contributed by atoms with Gasteiger partial charge in [-0.25, -0.2) is 13.8 Å². The van der Waals surface area contributed by atoms with Crippen LogP contribution in [-0.2, 0) is 6.18 Å². The quantitative estimate of drug-likeness (QED) is 0.549. The largest absolute Gasteiger partial charge is 0.417 e. The van der Waals surface area contributed by atoms with E-state index in [1.54, 1.807) is 0 Å². The fourth-order valence-electron chi connectivity index (χ4n) is 2.56. The average molecular weight is 369 g/mol. The van der Waals surface area contributed by atoms with E-state index in [0.717, 1.165) is 18.5 Å². The van der Waals surface area contributed by atoms with Crippen molar-refractivity contribution in [3.63, 3.8) is 0 Å². The maximum absolute atomic E-state index is 14.4. The van der Waals surface area contributed by atoms with E-state index in [2.05, 4.69) is 9.97 Å². The van der Waals surface area contributed by atoms with Crippen molar-refractivity contribution in [2.24, 2.45) is 5.73 Å². The number of amides is 1. The summed E-state index contributed by atoms with van der Waals surface area (Å²) in [5.74, 6) is -5.53. The number of hydrogen-bond acceptors (Lipinski definition) is 3. The topological polar surface area (TPSA) is 88.8 Å². The Hall–Kier alpha value is -3.30. The number of hydrogen-bond donors (Lipinski definition) is 2. The summed E-state index contributed by atoms with van der Waals surface area (Å²) in [6.45, 7) is 0. The van der Waals surface area contributed by atoms with Gasteiger partial charge in [-0.15, -0.1) is 0 Å². The number of ketones is 1. The number of nitrogens with two attached hydrogens (primary N) is 1. The highest BCUT2D eigenvalue weighted by Gasteiger charge is 2.36. The molecule has 0 aliphatic rings. The Labute approximate surface area is 141 Å². The van der Waals surface area contributed by atoms with E-state index in [0.29, 0.717) is 12.1 Å². The summed E-state index contributed by atoms with van der Waals surface area (Å²) in [5, 5.41) is -0.631. The van der Waals surface area contributed by atoms with Crippen molar-refractivity contribution in [2.75, 3.05) is 0 Å². The molecule has 0 aliphatic heterocycles. The van der Waals surface area contributed by atoms with Gasteiger partial charge < -0.3 is 10.7 Å². The van der Waals surface area contributed by atoms with Crippen LogP contribution in [-0.4, -0.2) is 21.7 Å². The highest BCUT2D eigenvalue weighted by molar-refractivity contribution is 6.17. The molecule has 3 N–H and O–H groups in total. The van der Waals surface area contributed by atoms with Crippen molar-refractivity contribution in [3.8, 4) is 0 Å². The summed E-state index contributed by atoms with van der Waals surface area (Å²) >= 11 is 0. The number of fused-ring (bicyclic) bond motifs is 1. The molecule has 0 fully saturated rings. The minimum atomic E-state index is -4.83. The first-order valence-electron chi connectivity index (χ1n) is 6.98. The number of H-pyrrole nitrogens is 1. The van der Waals surface area contributed by atoms with Crippen molar-refractivity contribution in [1.29, 1.82) is 0 Å². The molecule has 1 amide bonds. The highest BCUT2D eigenvalue weighted by Crippen LogP contribution is 2.36. The normalized spacial score (nSPS) is 11.7. The molecule has 0 spiro atoms. The second kappa shape index (κ2) is 5.90. The summed E-state index contributed by atoms with van der Waals surface area (Å²) in [6, 6.07) is 2.01. The van der Waals surface area contributed by atoms with Crippen LogP contribution in [0.3, 0.4) is 0 Å². The first kappa shape index (κ1) is 17.5. The van der Waals surface area contributed by atoms with Crippen molar-refractivity contribution < 1.29 is 31.5 Å². The number of alkyl halides is 3. The average Bonchev–Trinajstić information content (AvgIpc) is 2.97. The standard InChI is InChI=1S/C16H8F5N3O2/c17-9-2-1-6(14(22)26)12(18)11(9)13(25)7-5-24-15-10(7)8(3-4-23-15)16(19,20)21/h1-5H,(H2,22,26)(H,23,24). The summed E-state index contributed by atoms with van der Waals surface area (Å²) in [6.07, 6.45) is -3.08. The van der Waals surface area contributed by atoms with Crippen LogP contribution in [0.15, 0.2) is 30.6 Å². The maximum Gasteiger partial charge on any atom is 0.417 e. The minimum absolute atomic E-state index is 0.282. The molecule has 2 aromatic heterocycles. The SMILES string of the molecule is NC(=O)c1ccc(F)c(C(=O)c2c[nH]c3nccc(C(F)(F)F)c23)c1F. The zero-order valence-corrected chi connectivity index (χ0v) is 12.6. The number of nitrogens with zero attached hydrogens (tertiary/aromatic N) is 1. The second-order valence-electron chi connectivity index (χ2n) is 5.26. The molecule has 10 heteroatoms. The van der Waals surface area contributed by atoms with Gasteiger partial charge in [0.1, 0.15) is 17.3 Å². The van der Waals surface area contributed by atoms with Gasteiger partial charge >= 0.3 is 6.18 Å². The predicted molar refractivity (Wildman–Crippen MR) is 79.4 cm³/mol. The Morgan fingerprint density at radius 1 is 1.08 bits per heavy atom. The van der Waals surface area contributed by atoms with E-state index in [4.69, 9.17) is 5.73 Å². The maximum atomic E-state index is 14.4. The van der Waals surface area contributed by atoms with Gasteiger partial charge in [-0.2, -0.15) is 13.2 Å². The predicted octanol–water partition coefficient (Wildman–Crippen LogP) is 3.19. The molecule has 5 nitrogen and oxygen atoms in total. The van der Waals surface area contributed by atoms with Gasteiger partial charge in [0.25, 0.3) is 5.91 Å². The third-order valence-corrected chi connectivity index (χ3v) is 3.71. The highest BCUT2D eigenvalue weighted by atomic mass is 19.4. The van der Waals surface area contributed by atoms with E-state index in [1.807, 2.05) is 0 Å². The molecule has 0 saturated heterocycles. The zero-order chi connectivity index (χ0) is 19.2. The molecule has 0 radical (unpaired) electrons. The van der Waals surface area contributed by atoms with Crippen LogP contribution in [0.2, 0.25) is 0 Å². The van der Waals surface area contributed by atoms with Crippen LogP contribution >= 0.6 is 0 Å². The molecule has 134 valence electrons. The van der Waals surface area contributed by atoms with Gasteiger partial charge in [0.2, 0.25) is 5.78 Å². The van der Waals surface area contributed by atoms with Crippen LogP contribution in [0, 0.1) is 11.6 Å². The Morgan fingerprint density at radius 3 is 2.38 bits per heavy atom. The molecule has 0 bridgehead atoms. The molecule has 0 atom stereocenters. The number of aromatic nitrogens is 2. The number of aromatic amines is 1. The Morgan fingerprint density at radius 2 is 1.77 bits per heavy atom. The molecule has 0 unspecified atom stereocenters. The minimum Gasteiger partial charge on any atom is -0.366 e. The Kier molecular flexibility index (Phi) is 3.98. The summed E-state index contributed by atoms with van der Waals surface area (Å²) in [5.41, 5.74) is 0.888. The van der Waals surface area contributed by atoms with Crippen LogP contribution in [0.25, 0.3) is 11.0 Å². The van der Waals surface area contributed by atoms with E-state index < -0.39 is 57.1 Å². The first-order valence-corrected chi connectivity index (χ1v) is 6.98. The summed E-state index contributed by atoms with van der Waals surface area (Å²) < 4.78 is 68.0. The van der Waals surface area contributed by atoms with Gasteiger partial charge in [-0.1, -0.05) is 0 Å². The lowest BCUT2D eigenvalue weighted by Crippen LogP contribution is -2.17. The number of primary amides is 1. The number of carbonyl (C=O) groups excluding carboxylic acids is 2. The summed E-state index contributed by atoms with van der Waals surface area (Å²) in [7, 11) is 0. The van der Waals surface area contributed by atoms with Crippen molar-refractivity contribution in [3.05, 3.63) is 64.5 Å². The van der Waals surface area contributed by atoms with Crippen molar-refractivity contribution in [1.82, 2.24) is 9.97 Å².